The number of aliphatic carboxylic acids is 1. The summed E-state index contributed by atoms with van der Waals surface area (Å²) in [7, 11) is -3.88. The summed E-state index contributed by atoms with van der Waals surface area (Å²) in [4.78, 5) is 25.6. The van der Waals surface area contributed by atoms with Crippen LogP contribution in [0.2, 0.25) is 0 Å². The number of benzene rings is 1. The Labute approximate surface area is 123 Å². The lowest BCUT2D eigenvalue weighted by atomic mass is 10.3. The quantitative estimate of drug-likeness (QED) is 0.608. The van der Waals surface area contributed by atoms with Gasteiger partial charge in [0.25, 0.3) is 10.0 Å². The maximum absolute atomic E-state index is 11.4. The highest BCUT2D eigenvalue weighted by Gasteiger charge is 2.15. The van der Waals surface area contributed by atoms with Gasteiger partial charge in [-0.3, -0.25) is 9.59 Å². The van der Waals surface area contributed by atoms with E-state index in [1.165, 1.54) is 12.1 Å². The SMILES string of the molecule is NS(=O)(=O)c1nc2cc(OC(=O)CCC(=O)O)ccc2s1. The summed E-state index contributed by atoms with van der Waals surface area (Å²) < 4.78 is 27.7. The normalized spacial score (nSPS) is 11.5. The van der Waals surface area contributed by atoms with Crippen molar-refractivity contribution in [3.8, 4) is 5.75 Å². The molecule has 0 amide bonds. The Balaban J connectivity index is 2.19. The van der Waals surface area contributed by atoms with Crippen LogP contribution in [0.15, 0.2) is 22.5 Å². The molecule has 10 heteroatoms. The molecular weight excluding hydrogens is 320 g/mol. The number of ether oxygens (including phenoxy) is 1. The number of fused-ring (bicyclic) bond motifs is 1. The van der Waals surface area contributed by atoms with Crippen LogP contribution in [0.4, 0.5) is 0 Å². The first-order chi connectivity index (χ1) is 9.75. The number of hydrogen-bond acceptors (Lipinski definition) is 7. The lowest BCUT2D eigenvalue weighted by Gasteiger charge is -2.02. The minimum absolute atomic E-state index is 0.157. The molecule has 0 atom stereocenters. The van der Waals surface area contributed by atoms with Crippen molar-refractivity contribution in [2.24, 2.45) is 5.14 Å². The molecule has 0 unspecified atom stereocenters. The number of rotatable bonds is 5. The summed E-state index contributed by atoms with van der Waals surface area (Å²) in [5.41, 5.74) is 0.326. The van der Waals surface area contributed by atoms with Gasteiger partial charge in [0.15, 0.2) is 0 Å². The number of hydrogen-bond donors (Lipinski definition) is 2. The zero-order chi connectivity index (χ0) is 15.6. The predicted octanol–water partition coefficient (Wildman–Crippen LogP) is 0.714. The van der Waals surface area contributed by atoms with E-state index in [9.17, 15) is 18.0 Å². The number of aromatic nitrogens is 1. The summed E-state index contributed by atoms with van der Waals surface area (Å²) in [6.07, 6.45) is -0.583. The lowest BCUT2D eigenvalue weighted by molar-refractivity contribution is -0.142. The van der Waals surface area contributed by atoms with Crippen LogP contribution >= 0.6 is 11.3 Å². The number of carboxylic acid groups (broad SMARTS) is 1. The lowest BCUT2D eigenvalue weighted by Crippen LogP contribution is -2.11. The summed E-state index contributed by atoms with van der Waals surface area (Å²) in [5, 5.41) is 13.5. The average molecular weight is 330 g/mol. The number of sulfonamides is 1. The second kappa shape index (κ2) is 5.76. The first-order valence-corrected chi connectivity index (χ1v) is 7.98. The van der Waals surface area contributed by atoms with Crippen molar-refractivity contribution in [3.63, 3.8) is 0 Å². The van der Waals surface area contributed by atoms with Gasteiger partial charge >= 0.3 is 11.9 Å². The number of carbonyl (C=O) groups excluding carboxylic acids is 1. The Kier molecular flexibility index (Phi) is 4.21. The van der Waals surface area contributed by atoms with Crippen LogP contribution in [0.3, 0.4) is 0 Å². The van der Waals surface area contributed by atoms with Crippen LogP contribution in [0, 0.1) is 0 Å². The van der Waals surface area contributed by atoms with Gasteiger partial charge in [-0.15, -0.1) is 11.3 Å². The molecule has 0 aliphatic carbocycles. The molecule has 1 aromatic carbocycles. The highest BCUT2D eigenvalue weighted by molar-refractivity contribution is 7.91. The third-order valence-corrected chi connectivity index (χ3v) is 4.71. The minimum Gasteiger partial charge on any atom is -0.481 e. The van der Waals surface area contributed by atoms with Crippen LogP contribution in [-0.4, -0.2) is 30.4 Å². The Hall–Kier alpha value is -2.04. The van der Waals surface area contributed by atoms with E-state index in [1.54, 1.807) is 6.07 Å². The van der Waals surface area contributed by atoms with E-state index >= 15 is 0 Å². The van der Waals surface area contributed by atoms with Crippen LogP contribution in [-0.2, 0) is 19.6 Å². The van der Waals surface area contributed by atoms with Gasteiger partial charge in [-0.2, -0.15) is 0 Å². The van der Waals surface area contributed by atoms with Gasteiger partial charge in [0.05, 0.1) is 23.1 Å². The number of thiazole rings is 1. The van der Waals surface area contributed by atoms with Crippen LogP contribution in [0.25, 0.3) is 10.2 Å². The van der Waals surface area contributed by atoms with Gasteiger partial charge in [-0.25, -0.2) is 18.5 Å². The van der Waals surface area contributed by atoms with E-state index in [-0.39, 0.29) is 22.9 Å². The van der Waals surface area contributed by atoms with Gasteiger partial charge < -0.3 is 9.84 Å². The minimum atomic E-state index is -3.88. The zero-order valence-electron chi connectivity index (χ0n) is 10.5. The van der Waals surface area contributed by atoms with E-state index in [4.69, 9.17) is 15.0 Å². The van der Waals surface area contributed by atoms with E-state index < -0.39 is 22.0 Å². The molecule has 0 bridgehead atoms. The van der Waals surface area contributed by atoms with Crippen molar-refractivity contribution in [2.45, 2.75) is 17.2 Å². The van der Waals surface area contributed by atoms with Gasteiger partial charge in [-0.1, -0.05) is 0 Å². The topological polar surface area (TPSA) is 137 Å². The molecule has 0 radical (unpaired) electrons. The molecule has 1 aromatic heterocycles. The maximum Gasteiger partial charge on any atom is 0.311 e. The first-order valence-electron chi connectivity index (χ1n) is 5.61. The molecule has 0 saturated heterocycles. The van der Waals surface area contributed by atoms with Crippen molar-refractivity contribution >= 4 is 43.5 Å². The largest absolute Gasteiger partial charge is 0.481 e. The standard InChI is InChI=1S/C11H10N2O6S2/c12-21(17,18)11-13-7-5-6(1-2-8(7)20-11)19-10(16)4-3-9(14)15/h1-2,5H,3-4H2,(H,14,15)(H2,12,17,18). The van der Waals surface area contributed by atoms with Gasteiger partial charge in [0.2, 0.25) is 4.34 Å². The zero-order valence-corrected chi connectivity index (χ0v) is 12.1. The Morgan fingerprint density at radius 1 is 1.33 bits per heavy atom. The fourth-order valence-electron chi connectivity index (χ4n) is 1.46. The van der Waals surface area contributed by atoms with Crippen molar-refractivity contribution in [1.29, 1.82) is 0 Å². The van der Waals surface area contributed by atoms with E-state index in [2.05, 4.69) is 4.98 Å². The molecule has 21 heavy (non-hydrogen) atoms. The molecule has 0 aliphatic heterocycles. The highest BCUT2D eigenvalue weighted by Crippen LogP contribution is 2.28. The number of carboxylic acids is 1. The van der Waals surface area contributed by atoms with Crippen molar-refractivity contribution in [2.75, 3.05) is 0 Å². The molecule has 1 heterocycles. The summed E-state index contributed by atoms with van der Waals surface area (Å²) >= 11 is 0.904. The Bertz CT molecular complexity index is 811. The highest BCUT2D eigenvalue weighted by atomic mass is 32.2. The average Bonchev–Trinajstić information content (AvgIpc) is 2.79. The van der Waals surface area contributed by atoms with E-state index in [0.717, 1.165) is 11.3 Å². The molecular formula is C11H10N2O6S2. The van der Waals surface area contributed by atoms with Crippen LogP contribution in [0.5, 0.6) is 5.75 Å². The molecule has 0 aliphatic rings. The predicted molar refractivity (Wildman–Crippen MR) is 73.5 cm³/mol. The molecule has 2 rings (SSSR count). The third-order valence-electron chi connectivity index (χ3n) is 2.36. The smallest absolute Gasteiger partial charge is 0.311 e. The number of nitrogens with two attached hydrogens (primary N) is 1. The number of primary sulfonamides is 1. The second-order valence-corrected chi connectivity index (χ2v) is 6.79. The van der Waals surface area contributed by atoms with E-state index in [0.29, 0.717) is 10.2 Å². The summed E-state index contributed by atoms with van der Waals surface area (Å²) in [5.74, 6) is -1.64. The monoisotopic (exact) mass is 330 g/mol. The second-order valence-electron chi connectivity index (χ2n) is 4.02. The molecule has 112 valence electrons. The summed E-state index contributed by atoms with van der Waals surface area (Å²) in [6, 6.07) is 4.40. The first kappa shape index (κ1) is 15.4. The molecule has 0 spiro atoms. The van der Waals surface area contributed by atoms with Crippen molar-refractivity contribution in [3.05, 3.63) is 18.2 Å². The molecule has 0 saturated carbocycles. The number of esters is 1. The molecule has 3 N–H and O–H groups in total. The fraction of sp³-hybridized carbons (Fsp3) is 0.182. The molecule has 8 nitrogen and oxygen atoms in total. The molecule has 2 aromatic rings. The number of carbonyl (C=O) groups is 2. The Morgan fingerprint density at radius 3 is 2.67 bits per heavy atom. The Morgan fingerprint density at radius 2 is 2.05 bits per heavy atom. The van der Waals surface area contributed by atoms with Crippen LogP contribution in [0.1, 0.15) is 12.8 Å². The van der Waals surface area contributed by atoms with Crippen LogP contribution < -0.4 is 9.88 Å². The fourth-order valence-corrected chi connectivity index (χ4v) is 3.10. The van der Waals surface area contributed by atoms with Crippen molar-refractivity contribution < 1.29 is 27.9 Å². The summed E-state index contributed by atoms with van der Waals surface area (Å²) in [6.45, 7) is 0. The van der Waals surface area contributed by atoms with Crippen molar-refractivity contribution in [1.82, 2.24) is 4.98 Å². The third kappa shape index (κ3) is 3.97. The van der Waals surface area contributed by atoms with E-state index in [1.807, 2.05) is 0 Å². The maximum atomic E-state index is 11.4. The van der Waals surface area contributed by atoms with Gasteiger partial charge in [0.1, 0.15) is 5.75 Å². The van der Waals surface area contributed by atoms with Gasteiger partial charge in [0, 0.05) is 6.07 Å². The van der Waals surface area contributed by atoms with Gasteiger partial charge in [-0.05, 0) is 12.1 Å². The number of nitrogens with zero attached hydrogens (tertiary/aromatic N) is 1. The molecule has 0 fully saturated rings.